The molecule has 19 heavy (non-hydrogen) atoms. The summed E-state index contributed by atoms with van der Waals surface area (Å²) in [6, 6.07) is 5.38. The number of benzene rings is 1. The van der Waals surface area contributed by atoms with Crippen molar-refractivity contribution in [3.05, 3.63) is 42.0 Å². The predicted octanol–water partition coefficient (Wildman–Crippen LogP) is 2.37. The summed E-state index contributed by atoms with van der Waals surface area (Å²) in [5, 5.41) is 6.65. The van der Waals surface area contributed by atoms with Gasteiger partial charge in [0.1, 0.15) is 6.33 Å². The van der Waals surface area contributed by atoms with Crippen LogP contribution in [0.2, 0.25) is 0 Å². The zero-order chi connectivity index (χ0) is 14.3. The summed E-state index contributed by atoms with van der Waals surface area (Å²) in [4.78, 5) is 0. The van der Waals surface area contributed by atoms with Gasteiger partial charge in [-0.3, -0.25) is 0 Å². The standard InChI is InChI=1S/C12H13F3N4/c1-11(13,8-4-3-5-9(16)6-8)12(14,15)10-18-17-7-19(10)2/h3-7H,16H2,1-2H3/t11-/m1/s1. The molecule has 0 amide bonds. The van der Waals surface area contributed by atoms with Gasteiger partial charge in [0.15, 0.2) is 0 Å². The van der Waals surface area contributed by atoms with Crippen LogP contribution in [0.4, 0.5) is 18.9 Å². The van der Waals surface area contributed by atoms with E-state index in [1.165, 1.54) is 31.3 Å². The van der Waals surface area contributed by atoms with Crippen molar-refractivity contribution < 1.29 is 13.2 Å². The highest BCUT2D eigenvalue weighted by molar-refractivity contribution is 5.43. The number of nitrogen functional groups attached to an aromatic ring is 1. The zero-order valence-corrected chi connectivity index (χ0v) is 10.4. The number of hydrogen-bond acceptors (Lipinski definition) is 3. The molecule has 2 N–H and O–H groups in total. The lowest BCUT2D eigenvalue weighted by molar-refractivity contribution is -0.149. The van der Waals surface area contributed by atoms with Crippen molar-refractivity contribution in [3.8, 4) is 0 Å². The first-order valence-corrected chi connectivity index (χ1v) is 5.54. The largest absolute Gasteiger partial charge is 0.399 e. The molecular weight excluding hydrogens is 257 g/mol. The lowest BCUT2D eigenvalue weighted by atomic mass is 9.90. The highest BCUT2D eigenvalue weighted by Crippen LogP contribution is 2.47. The molecule has 0 aliphatic rings. The third-order valence-corrected chi connectivity index (χ3v) is 3.01. The Labute approximate surface area is 108 Å². The van der Waals surface area contributed by atoms with Gasteiger partial charge < -0.3 is 10.3 Å². The predicted molar refractivity (Wildman–Crippen MR) is 64.2 cm³/mol. The van der Waals surface area contributed by atoms with E-state index < -0.39 is 17.4 Å². The van der Waals surface area contributed by atoms with Gasteiger partial charge in [0.2, 0.25) is 11.5 Å². The first-order valence-electron chi connectivity index (χ1n) is 5.54. The molecule has 0 aliphatic heterocycles. The van der Waals surface area contributed by atoms with Gasteiger partial charge in [-0.25, -0.2) is 4.39 Å². The molecule has 7 heteroatoms. The average Bonchev–Trinajstić information content (AvgIpc) is 2.75. The number of aryl methyl sites for hydroxylation is 1. The van der Waals surface area contributed by atoms with E-state index in [1.54, 1.807) is 0 Å². The summed E-state index contributed by atoms with van der Waals surface area (Å²) in [6.45, 7) is 0.802. The molecule has 0 saturated heterocycles. The van der Waals surface area contributed by atoms with Crippen LogP contribution in [0.15, 0.2) is 30.6 Å². The molecule has 0 unspecified atom stereocenters. The van der Waals surface area contributed by atoms with Crippen molar-refractivity contribution in [2.45, 2.75) is 18.5 Å². The molecule has 2 aromatic rings. The van der Waals surface area contributed by atoms with Gasteiger partial charge in [0.25, 0.3) is 0 Å². The molecule has 1 aromatic heterocycles. The average molecular weight is 270 g/mol. The highest BCUT2D eigenvalue weighted by atomic mass is 19.3. The molecule has 0 saturated carbocycles. The minimum Gasteiger partial charge on any atom is -0.399 e. The van der Waals surface area contributed by atoms with E-state index in [2.05, 4.69) is 10.2 Å². The second kappa shape index (κ2) is 4.25. The monoisotopic (exact) mass is 270 g/mol. The van der Waals surface area contributed by atoms with Crippen LogP contribution in [0.25, 0.3) is 0 Å². The Morgan fingerprint density at radius 2 is 1.95 bits per heavy atom. The normalized spacial score (nSPS) is 15.2. The van der Waals surface area contributed by atoms with Crippen LogP contribution in [0.3, 0.4) is 0 Å². The fourth-order valence-electron chi connectivity index (χ4n) is 1.79. The first kappa shape index (κ1) is 13.4. The molecule has 0 bridgehead atoms. The maximum Gasteiger partial charge on any atom is 0.343 e. The molecule has 2 rings (SSSR count). The summed E-state index contributed by atoms with van der Waals surface area (Å²) in [5.41, 5.74) is 2.57. The molecule has 1 aromatic carbocycles. The van der Waals surface area contributed by atoms with Crippen molar-refractivity contribution in [2.75, 3.05) is 5.73 Å². The smallest absolute Gasteiger partial charge is 0.343 e. The summed E-state index contributed by atoms with van der Waals surface area (Å²) in [7, 11) is 1.33. The molecule has 4 nitrogen and oxygen atoms in total. The lowest BCUT2D eigenvalue weighted by Crippen LogP contribution is -2.39. The SMILES string of the molecule is Cn1cnnc1C(F)(F)[C@](C)(F)c1cccc(N)c1. The zero-order valence-electron chi connectivity index (χ0n) is 10.4. The summed E-state index contributed by atoms with van der Waals surface area (Å²) in [5.74, 6) is -4.56. The lowest BCUT2D eigenvalue weighted by Gasteiger charge is -2.29. The third kappa shape index (κ3) is 2.05. The molecule has 0 fully saturated rings. The van der Waals surface area contributed by atoms with E-state index in [1.807, 2.05) is 0 Å². The molecule has 1 heterocycles. The van der Waals surface area contributed by atoms with Crippen molar-refractivity contribution in [1.29, 1.82) is 0 Å². The number of hydrogen-bond donors (Lipinski definition) is 1. The van der Waals surface area contributed by atoms with Crippen LogP contribution in [0.1, 0.15) is 18.3 Å². The number of halogens is 3. The molecule has 0 aliphatic carbocycles. The number of aromatic nitrogens is 3. The van der Waals surface area contributed by atoms with Crippen molar-refractivity contribution in [1.82, 2.24) is 14.8 Å². The second-order valence-corrected chi connectivity index (χ2v) is 4.47. The summed E-state index contributed by atoms with van der Waals surface area (Å²) < 4.78 is 44.2. The molecule has 0 spiro atoms. The summed E-state index contributed by atoms with van der Waals surface area (Å²) >= 11 is 0. The van der Waals surface area contributed by atoms with Crippen LogP contribution in [0, 0.1) is 0 Å². The molecular formula is C12H13F3N4. The highest BCUT2D eigenvalue weighted by Gasteiger charge is 2.56. The Morgan fingerprint density at radius 1 is 1.26 bits per heavy atom. The topological polar surface area (TPSA) is 56.7 Å². The first-order chi connectivity index (χ1) is 8.76. The number of rotatable bonds is 3. The maximum atomic E-state index is 14.6. The Morgan fingerprint density at radius 3 is 2.47 bits per heavy atom. The minimum atomic E-state index is -3.83. The maximum absolute atomic E-state index is 14.6. The van der Waals surface area contributed by atoms with Crippen molar-refractivity contribution >= 4 is 5.69 Å². The Balaban J connectivity index is 2.52. The van der Waals surface area contributed by atoms with Crippen LogP contribution in [-0.2, 0) is 18.6 Å². The van der Waals surface area contributed by atoms with Gasteiger partial charge in [0.05, 0.1) is 0 Å². The Hall–Kier alpha value is -2.05. The fraction of sp³-hybridized carbons (Fsp3) is 0.333. The number of nitrogens with zero attached hydrogens (tertiary/aromatic N) is 3. The van der Waals surface area contributed by atoms with Crippen LogP contribution < -0.4 is 5.73 Å². The fourth-order valence-corrected chi connectivity index (χ4v) is 1.79. The minimum absolute atomic E-state index is 0.208. The number of nitrogens with two attached hydrogens (primary N) is 1. The van der Waals surface area contributed by atoms with Crippen LogP contribution >= 0.6 is 0 Å². The van der Waals surface area contributed by atoms with Crippen molar-refractivity contribution in [3.63, 3.8) is 0 Å². The Kier molecular flexibility index (Phi) is 3.00. The quantitative estimate of drug-likeness (QED) is 0.871. The summed E-state index contributed by atoms with van der Waals surface area (Å²) in [6.07, 6.45) is 1.10. The van der Waals surface area contributed by atoms with E-state index in [0.29, 0.717) is 0 Å². The second-order valence-electron chi connectivity index (χ2n) is 4.47. The van der Waals surface area contributed by atoms with Gasteiger partial charge in [-0.2, -0.15) is 8.78 Å². The van der Waals surface area contributed by atoms with E-state index >= 15 is 0 Å². The van der Waals surface area contributed by atoms with Gasteiger partial charge >= 0.3 is 5.92 Å². The van der Waals surface area contributed by atoms with Gasteiger partial charge in [-0.05, 0) is 24.6 Å². The van der Waals surface area contributed by atoms with Gasteiger partial charge in [0, 0.05) is 12.7 Å². The molecule has 102 valence electrons. The van der Waals surface area contributed by atoms with E-state index in [0.717, 1.165) is 17.8 Å². The molecule has 0 radical (unpaired) electrons. The number of alkyl halides is 3. The van der Waals surface area contributed by atoms with Gasteiger partial charge in [-0.1, -0.05) is 12.1 Å². The Bertz CT molecular complexity index is 592. The third-order valence-electron chi connectivity index (χ3n) is 3.01. The molecule has 1 atom stereocenters. The van der Waals surface area contributed by atoms with Crippen LogP contribution in [0.5, 0.6) is 0 Å². The van der Waals surface area contributed by atoms with E-state index in [9.17, 15) is 13.2 Å². The van der Waals surface area contributed by atoms with E-state index in [-0.39, 0.29) is 11.3 Å². The van der Waals surface area contributed by atoms with Crippen molar-refractivity contribution in [2.24, 2.45) is 7.05 Å². The number of anilines is 1. The van der Waals surface area contributed by atoms with Crippen LogP contribution in [-0.4, -0.2) is 14.8 Å². The van der Waals surface area contributed by atoms with E-state index in [4.69, 9.17) is 5.73 Å². The van der Waals surface area contributed by atoms with Gasteiger partial charge in [-0.15, -0.1) is 10.2 Å².